The van der Waals surface area contributed by atoms with Crippen LogP contribution in [0.2, 0.25) is 0 Å². The predicted octanol–water partition coefficient (Wildman–Crippen LogP) is 2.64. The molecule has 0 unspecified atom stereocenters. The van der Waals surface area contributed by atoms with Gasteiger partial charge in [-0.05, 0) is 54.8 Å². The van der Waals surface area contributed by atoms with Crippen LogP contribution >= 0.6 is 0 Å². The van der Waals surface area contributed by atoms with Crippen LogP contribution in [0.4, 0.5) is 5.69 Å². The average Bonchev–Trinajstić information content (AvgIpc) is 2.61. The average molecular weight is 390 g/mol. The summed E-state index contributed by atoms with van der Waals surface area (Å²) in [5.74, 6) is -0.788. The topological polar surface area (TPSA) is 116 Å². The number of nitrogens with two attached hydrogens (primary N) is 1. The summed E-state index contributed by atoms with van der Waals surface area (Å²) in [5, 5.41) is 7.57. The Morgan fingerprint density at radius 2 is 1.52 bits per heavy atom. The Hall–Kier alpha value is -2.71. The Kier molecular flexibility index (Phi) is 6.35. The van der Waals surface area contributed by atoms with Crippen molar-refractivity contribution in [3.8, 4) is 0 Å². The fraction of sp³-hybridized carbons (Fsp3) is 0.263. The van der Waals surface area contributed by atoms with Gasteiger partial charge < -0.3 is 10.1 Å². The highest BCUT2D eigenvalue weighted by molar-refractivity contribution is 7.89. The molecule has 2 rings (SSSR count). The molecule has 0 bridgehead atoms. The Labute approximate surface area is 158 Å². The SMILES string of the molecule is CC(C)c1ccc(C(=O)O[C@H](C)C(=O)Nc2ccc(S(N)(=O)=O)cc2)cc1. The van der Waals surface area contributed by atoms with E-state index in [2.05, 4.69) is 19.2 Å². The molecular formula is C19H22N2O5S. The van der Waals surface area contributed by atoms with Gasteiger partial charge in [0.25, 0.3) is 5.91 Å². The zero-order chi connectivity index (χ0) is 20.2. The van der Waals surface area contributed by atoms with Crippen molar-refractivity contribution in [1.82, 2.24) is 0 Å². The van der Waals surface area contributed by atoms with Gasteiger partial charge in [-0.1, -0.05) is 26.0 Å². The lowest BCUT2D eigenvalue weighted by Gasteiger charge is -2.14. The highest BCUT2D eigenvalue weighted by Gasteiger charge is 2.19. The van der Waals surface area contributed by atoms with Gasteiger partial charge in [0.05, 0.1) is 10.5 Å². The van der Waals surface area contributed by atoms with Crippen LogP contribution in [0, 0.1) is 0 Å². The molecule has 2 aromatic carbocycles. The summed E-state index contributed by atoms with van der Waals surface area (Å²) in [7, 11) is -3.80. The fourth-order valence-corrected chi connectivity index (χ4v) is 2.77. The standard InChI is InChI=1S/C19H22N2O5S/c1-12(2)14-4-6-15(7-5-14)19(23)26-13(3)18(22)21-16-8-10-17(11-9-16)27(20,24)25/h4-13H,1-3H3,(H,21,22)(H2,20,24,25)/t13-/m1/s1. The first-order chi connectivity index (χ1) is 12.6. The first-order valence-electron chi connectivity index (χ1n) is 8.32. The molecule has 0 aromatic heterocycles. The van der Waals surface area contributed by atoms with Crippen LogP contribution in [0.25, 0.3) is 0 Å². The van der Waals surface area contributed by atoms with E-state index < -0.39 is 28.0 Å². The lowest BCUT2D eigenvalue weighted by molar-refractivity contribution is -0.123. The van der Waals surface area contributed by atoms with Gasteiger partial charge in [0, 0.05) is 5.69 Å². The molecule has 27 heavy (non-hydrogen) atoms. The van der Waals surface area contributed by atoms with Crippen molar-refractivity contribution in [1.29, 1.82) is 0 Å². The minimum Gasteiger partial charge on any atom is -0.449 e. The van der Waals surface area contributed by atoms with Gasteiger partial charge in [-0.25, -0.2) is 18.4 Å². The van der Waals surface area contributed by atoms with Crippen molar-refractivity contribution in [2.24, 2.45) is 5.14 Å². The molecule has 0 saturated heterocycles. The Bertz CT molecular complexity index is 920. The zero-order valence-electron chi connectivity index (χ0n) is 15.3. The molecule has 0 aliphatic heterocycles. The third kappa shape index (κ3) is 5.63. The molecule has 1 atom stereocenters. The van der Waals surface area contributed by atoms with Gasteiger partial charge in [-0.2, -0.15) is 0 Å². The number of amides is 1. The van der Waals surface area contributed by atoms with E-state index >= 15 is 0 Å². The molecule has 3 N–H and O–H groups in total. The largest absolute Gasteiger partial charge is 0.449 e. The van der Waals surface area contributed by atoms with Crippen molar-refractivity contribution in [3.05, 3.63) is 59.7 Å². The van der Waals surface area contributed by atoms with Crippen molar-refractivity contribution in [2.75, 3.05) is 5.32 Å². The summed E-state index contributed by atoms with van der Waals surface area (Å²) >= 11 is 0. The Balaban J connectivity index is 1.97. The summed E-state index contributed by atoms with van der Waals surface area (Å²) in [6.07, 6.45) is -1.03. The Morgan fingerprint density at radius 3 is 2.00 bits per heavy atom. The number of hydrogen-bond acceptors (Lipinski definition) is 5. The number of sulfonamides is 1. The van der Waals surface area contributed by atoms with Crippen LogP contribution < -0.4 is 10.5 Å². The summed E-state index contributed by atoms with van der Waals surface area (Å²) in [4.78, 5) is 24.3. The highest BCUT2D eigenvalue weighted by Crippen LogP contribution is 2.16. The Morgan fingerprint density at radius 1 is 0.963 bits per heavy atom. The summed E-state index contributed by atoms with van der Waals surface area (Å²) in [6.45, 7) is 5.55. The smallest absolute Gasteiger partial charge is 0.338 e. The van der Waals surface area contributed by atoms with Gasteiger partial charge in [0.2, 0.25) is 10.0 Å². The minimum atomic E-state index is -3.80. The van der Waals surface area contributed by atoms with E-state index in [0.29, 0.717) is 17.2 Å². The van der Waals surface area contributed by atoms with Crippen LogP contribution in [0.3, 0.4) is 0 Å². The molecule has 0 radical (unpaired) electrons. The van der Waals surface area contributed by atoms with Crippen LogP contribution in [0.15, 0.2) is 53.4 Å². The van der Waals surface area contributed by atoms with E-state index in [-0.39, 0.29) is 4.90 Å². The van der Waals surface area contributed by atoms with Crippen LogP contribution in [-0.2, 0) is 19.6 Å². The van der Waals surface area contributed by atoms with Gasteiger partial charge in [-0.15, -0.1) is 0 Å². The van der Waals surface area contributed by atoms with E-state index in [0.717, 1.165) is 5.56 Å². The van der Waals surface area contributed by atoms with Gasteiger partial charge >= 0.3 is 5.97 Å². The van der Waals surface area contributed by atoms with Crippen LogP contribution in [0.5, 0.6) is 0 Å². The molecule has 0 aliphatic carbocycles. The highest BCUT2D eigenvalue weighted by atomic mass is 32.2. The fourth-order valence-electron chi connectivity index (χ4n) is 2.26. The molecule has 8 heteroatoms. The van der Waals surface area contributed by atoms with Gasteiger partial charge in [0.15, 0.2) is 6.10 Å². The molecule has 0 spiro atoms. The number of ether oxygens (including phenoxy) is 1. The quantitative estimate of drug-likeness (QED) is 0.736. The summed E-state index contributed by atoms with van der Waals surface area (Å²) < 4.78 is 27.6. The van der Waals surface area contributed by atoms with E-state index in [1.165, 1.54) is 31.2 Å². The summed E-state index contributed by atoms with van der Waals surface area (Å²) in [5.41, 5.74) is 1.81. The maximum Gasteiger partial charge on any atom is 0.338 e. The lowest BCUT2D eigenvalue weighted by Crippen LogP contribution is -2.30. The number of primary sulfonamides is 1. The number of carbonyl (C=O) groups excluding carboxylic acids is 2. The normalized spacial score (nSPS) is 12.5. The van der Waals surface area contributed by atoms with Crippen molar-refractivity contribution in [3.63, 3.8) is 0 Å². The van der Waals surface area contributed by atoms with Gasteiger partial charge in [0.1, 0.15) is 0 Å². The van der Waals surface area contributed by atoms with Crippen LogP contribution in [0.1, 0.15) is 42.6 Å². The first kappa shape index (κ1) is 20.6. The second-order valence-electron chi connectivity index (χ2n) is 6.38. The number of carbonyl (C=O) groups is 2. The molecule has 0 aliphatic rings. The number of hydrogen-bond donors (Lipinski definition) is 2. The van der Waals surface area contributed by atoms with Crippen molar-refractivity contribution >= 4 is 27.6 Å². The third-order valence-electron chi connectivity index (χ3n) is 3.92. The molecule has 0 saturated carbocycles. The van der Waals surface area contributed by atoms with Crippen LogP contribution in [-0.4, -0.2) is 26.4 Å². The molecule has 0 fully saturated rings. The number of anilines is 1. The molecule has 7 nitrogen and oxygen atoms in total. The number of nitrogens with one attached hydrogen (secondary N) is 1. The third-order valence-corrected chi connectivity index (χ3v) is 4.85. The minimum absolute atomic E-state index is 0.0650. The molecule has 144 valence electrons. The first-order valence-corrected chi connectivity index (χ1v) is 9.87. The van der Waals surface area contributed by atoms with E-state index in [1.54, 1.807) is 12.1 Å². The second-order valence-corrected chi connectivity index (χ2v) is 7.94. The van der Waals surface area contributed by atoms with E-state index in [9.17, 15) is 18.0 Å². The number of rotatable bonds is 6. The predicted molar refractivity (Wildman–Crippen MR) is 102 cm³/mol. The molecule has 1 amide bonds. The van der Waals surface area contributed by atoms with E-state index in [1.807, 2.05) is 12.1 Å². The molecule has 0 heterocycles. The van der Waals surface area contributed by atoms with Gasteiger partial charge in [-0.3, -0.25) is 4.79 Å². The zero-order valence-corrected chi connectivity index (χ0v) is 16.1. The molecule has 2 aromatic rings. The lowest BCUT2D eigenvalue weighted by atomic mass is 10.0. The van der Waals surface area contributed by atoms with E-state index in [4.69, 9.17) is 9.88 Å². The molecular weight excluding hydrogens is 368 g/mol. The van der Waals surface area contributed by atoms with Crippen molar-refractivity contribution in [2.45, 2.75) is 37.7 Å². The number of benzene rings is 2. The monoisotopic (exact) mass is 390 g/mol. The second kappa shape index (κ2) is 8.32. The maximum atomic E-state index is 12.2. The maximum absolute atomic E-state index is 12.2. The number of esters is 1. The van der Waals surface area contributed by atoms with Crippen molar-refractivity contribution < 1.29 is 22.7 Å². The summed E-state index contributed by atoms with van der Waals surface area (Å²) in [6, 6.07) is 12.4.